The molecule has 22 heavy (non-hydrogen) atoms. The quantitative estimate of drug-likeness (QED) is 0.787. The summed E-state index contributed by atoms with van der Waals surface area (Å²) >= 11 is 0. The highest BCUT2D eigenvalue weighted by atomic mass is 19.4. The summed E-state index contributed by atoms with van der Waals surface area (Å²) in [5, 5.41) is 0.454. The Balaban J connectivity index is 1.98. The fourth-order valence-electron chi connectivity index (χ4n) is 2.27. The van der Waals surface area contributed by atoms with Crippen molar-refractivity contribution in [1.82, 2.24) is 9.97 Å². The van der Waals surface area contributed by atoms with Crippen molar-refractivity contribution >= 4 is 10.9 Å². The first-order chi connectivity index (χ1) is 10.4. The van der Waals surface area contributed by atoms with Gasteiger partial charge in [-0.25, -0.2) is 4.98 Å². The average molecular weight is 304 g/mol. The first-order valence-electron chi connectivity index (χ1n) is 6.57. The van der Waals surface area contributed by atoms with Gasteiger partial charge in [0.1, 0.15) is 5.82 Å². The third kappa shape index (κ3) is 2.86. The lowest BCUT2D eigenvalue weighted by atomic mass is 10.1. The Hall–Kier alpha value is -2.63. The highest BCUT2D eigenvalue weighted by molar-refractivity contribution is 5.77. The minimum Gasteiger partial charge on any atom is -0.310 e. The van der Waals surface area contributed by atoms with Gasteiger partial charge < -0.3 is 4.98 Å². The molecule has 1 N–H and O–H groups in total. The number of halogens is 3. The smallest absolute Gasteiger partial charge is 0.310 e. The monoisotopic (exact) mass is 304 g/mol. The summed E-state index contributed by atoms with van der Waals surface area (Å²) in [4.78, 5) is 18.8. The van der Waals surface area contributed by atoms with Crippen molar-refractivity contribution in [2.75, 3.05) is 0 Å². The Morgan fingerprint density at radius 1 is 1.05 bits per heavy atom. The highest BCUT2D eigenvalue weighted by Crippen LogP contribution is 2.29. The fraction of sp³-hybridized carbons (Fsp3) is 0.125. The second kappa shape index (κ2) is 5.29. The first kappa shape index (κ1) is 14.3. The van der Waals surface area contributed by atoms with Crippen molar-refractivity contribution in [2.45, 2.75) is 12.6 Å². The van der Waals surface area contributed by atoms with Crippen molar-refractivity contribution in [2.24, 2.45) is 0 Å². The number of hydrogen-bond acceptors (Lipinski definition) is 2. The van der Waals surface area contributed by atoms with Crippen molar-refractivity contribution in [3.63, 3.8) is 0 Å². The summed E-state index contributed by atoms with van der Waals surface area (Å²) in [6.45, 7) is 0. The Kier molecular flexibility index (Phi) is 3.44. The molecule has 0 radical (unpaired) electrons. The van der Waals surface area contributed by atoms with E-state index in [-0.39, 0.29) is 12.0 Å². The van der Waals surface area contributed by atoms with Gasteiger partial charge in [-0.15, -0.1) is 0 Å². The number of nitrogens with one attached hydrogen (secondary N) is 1. The molecule has 6 heteroatoms. The van der Waals surface area contributed by atoms with E-state index < -0.39 is 11.7 Å². The van der Waals surface area contributed by atoms with Crippen LogP contribution >= 0.6 is 0 Å². The van der Waals surface area contributed by atoms with Gasteiger partial charge in [0.2, 0.25) is 0 Å². The molecule has 0 saturated carbocycles. The molecule has 3 rings (SSSR count). The van der Waals surface area contributed by atoms with Crippen LogP contribution in [0.5, 0.6) is 0 Å². The number of rotatable bonds is 2. The number of nitrogens with zero attached hydrogens (tertiary/aromatic N) is 1. The van der Waals surface area contributed by atoms with E-state index in [0.29, 0.717) is 22.3 Å². The van der Waals surface area contributed by atoms with Crippen LogP contribution in [0.15, 0.2) is 53.3 Å². The van der Waals surface area contributed by atoms with E-state index >= 15 is 0 Å². The SMILES string of the molecule is O=c1[nH]c(Cc2cccc(C(F)(F)F)c2)nc2ccccc12. The van der Waals surface area contributed by atoms with Gasteiger partial charge in [-0.1, -0.05) is 30.3 Å². The van der Waals surface area contributed by atoms with E-state index in [9.17, 15) is 18.0 Å². The van der Waals surface area contributed by atoms with Gasteiger partial charge in [-0.3, -0.25) is 4.79 Å². The number of fused-ring (bicyclic) bond motifs is 1. The third-order valence-electron chi connectivity index (χ3n) is 3.29. The van der Waals surface area contributed by atoms with Crippen LogP contribution in [0.4, 0.5) is 13.2 Å². The van der Waals surface area contributed by atoms with E-state index in [1.807, 2.05) is 0 Å². The number of benzene rings is 2. The molecule has 3 nitrogen and oxygen atoms in total. The highest BCUT2D eigenvalue weighted by Gasteiger charge is 2.30. The molecule has 1 aromatic heterocycles. The van der Waals surface area contributed by atoms with Crippen molar-refractivity contribution < 1.29 is 13.2 Å². The van der Waals surface area contributed by atoms with Crippen LogP contribution < -0.4 is 5.56 Å². The van der Waals surface area contributed by atoms with Crippen LogP contribution in [0, 0.1) is 0 Å². The Morgan fingerprint density at radius 2 is 1.82 bits per heavy atom. The molecule has 0 bridgehead atoms. The van der Waals surface area contributed by atoms with Gasteiger partial charge >= 0.3 is 6.18 Å². The molecular weight excluding hydrogens is 293 g/mol. The molecule has 0 aliphatic carbocycles. The maximum atomic E-state index is 12.7. The average Bonchev–Trinajstić information content (AvgIpc) is 2.47. The fourth-order valence-corrected chi connectivity index (χ4v) is 2.27. The lowest BCUT2D eigenvalue weighted by Gasteiger charge is -2.08. The van der Waals surface area contributed by atoms with Crippen molar-refractivity contribution in [1.29, 1.82) is 0 Å². The summed E-state index contributed by atoms with van der Waals surface area (Å²) < 4.78 is 38.1. The van der Waals surface area contributed by atoms with Gasteiger partial charge in [0.25, 0.3) is 5.56 Å². The van der Waals surface area contributed by atoms with Crippen LogP contribution in [0.2, 0.25) is 0 Å². The van der Waals surface area contributed by atoms with E-state index in [2.05, 4.69) is 9.97 Å². The predicted octanol–water partition coefficient (Wildman–Crippen LogP) is 3.53. The Bertz CT molecular complexity index is 884. The number of aromatic nitrogens is 2. The summed E-state index contributed by atoms with van der Waals surface area (Å²) in [6, 6.07) is 11.8. The molecular formula is C16H11F3N2O. The summed E-state index contributed by atoms with van der Waals surface area (Å²) in [5.74, 6) is 0.336. The predicted molar refractivity (Wildman–Crippen MR) is 76.6 cm³/mol. The molecule has 0 fully saturated rings. The lowest BCUT2D eigenvalue weighted by Crippen LogP contribution is -2.12. The van der Waals surface area contributed by atoms with E-state index in [1.165, 1.54) is 6.07 Å². The van der Waals surface area contributed by atoms with Crippen LogP contribution in [0.3, 0.4) is 0 Å². The standard InChI is InChI=1S/C16H11F3N2O/c17-16(18,19)11-5-3-4-10(8-11)9-14-20-13-7-2-1-6-12(13)15(22)21-14/h1-8H,9H2,(H,20,21,22). The van der Waals surface area contributed by atoms with Gasteiger partial charge in [0.05, 0.1) is 16.5 Å². The summed E-state index contributed by atoms with van der Waals surface area (Å²) in [5.41, 5.74) is -0.0535. The van der Waals surface area contributed by atoms with Gasteiger partial charge in [0.15, 0.2) is 0 Å². The van der Waals surface area contributed by atoms with Crippen LogP contribution in [-0.4, -0.2) is 9.97 Å². The molecule has 3 aromatic rings. The third-order valence-corrected chi connectivity index (χ3v) is 3.29. The first-order valence-corrected chi connectivity index (χ1v) is 6.57. The molecule has 0 amide bonds. The zero-order chi connectivity index (χ0) is 15.7. The molecule has 2 aromatic carbocycles. The van der Waals surface area contributed by atoms with Crippen LogP contribution in [0.1, 0.15) is 17.0 Å². The molecule has 0 saturated heterocycles. The minimum atomic E-state index is -4.39. The number of H-pyrrole nitrogens is 1. The van der Waals surface area contributed by atoms with Gasteiger partial charge in [-0.05, 0) is 23.8 Å². The normalized spacial score (nSPS) is 11.8. The van der Waals surface area contributed by atoms with Crippen molar-refractivity contribution in [3.05, 3.63) is 75.8 Å². The largest absolute Gasteiger partial charge is 0.416 e. The Morgan fingerprint density at radius 3 is 2.59 bits per heavy atom. The maximum Gasteiger partial charge on any atom is 0.416 e. The second-order valence-electron chi connectivity index (χ2n) is 4.90. The molecule has 112 valence electrons. The van der Waals surface area contributed by atoms with Crippen LogP contribution in [0.25, 0.3) is 10.9 Å². The van der Waals surface area contributed by atoms with Crippen molar-refractivity contribution in [3.8, 4) is 0 Å². The number of aromatic amines is 1. The molecule has 0 aliphatic heterocycles. The number of hydrogen-bond donors (Lipinski definition) is 1. The molecule has 0 aliphatic rings. The Labute approximate surface area is 123 Å². The zero-order valence-corrected chi connectivity index (χ0v) is 11.3. The zero-order valence-electron chi connectivity index (χ0n) is 11.3. The van der Waals surface area contributed by atoms with Gasteiger partial charge in [-0.2, -0.15) is 13.2 Å². The molecule has 0 atom stereocenters. The minimum absolute atomic E-state index is 0.129. The molecule has 0 spiro atoms. The molecule has 1 heterocycles. The van der Waals surface area contributed by atoms with Crippen LogP contribution in [-0.2, 0) is 12.6 Å². The lowest BCUT2D eigenvalue weighted by molar-refractivity contribution is -0.137. The number of alkyl halides is 3. The molecule has 0 unspecified atom stereocenters. The van der Waals surface area contributed by atoms with E-state index in [1.54, 1.807) is 30.3 Å². The second-order valence-corrected chi connectivity index (χ2v) is 4.90. The summed E-state index contributed by atoms with van der Waals surface area (Å²) in [7, 11) is 0. The summed E-state index contributed by atoms with van der Waals surface area (Å²) in [6.07, 6.45) is -4.26. The van der Waals surface area contributed by atoms with E-state index in [4.69, 9.17) is 0 Å². The topological polar surface area (TPSA) is 45.8 Å². The maximum absolute atomic E-state index is 12.7. The van der Waals surface area contributed by atoms with Gasteiger partial charge in [0, 0.05) is 6.42 Å². The van der Waals surface area contributed by atoms with E-state index in [0.717, 1.165) is 12.1 Å². The number of para-hydroxylation sites is 1.